The van der Waals surface area contributed by atoms with Crippen LogP contribution >= 0.6 is 0 Å². The van der Waals surface area contributed by atoms with Crippen LogP contribution in [0, 0.1) is 18.2 Å². The first kappa shape index (κ1) is 19.5. The second-order valence-corrected chi connectivity index (χ2v) is 6.19. The number of halogens is 2. The number of carbonyl (C=O) groups is 1. The molecule has 138 valence electrons. The van der Waals surface area contributed by atoms with Gasteiger partial charge in [-0.15, -0.1) is 6.42 Å². The lowest BCUT2D eigenvalue weighted by Crippen LogP contribution is -2.56. The third kappa shape index (κ3) is 4.61. The van der Waals surface area contributed by atoms with Crippen LogP contribution in [0.5, 0.6) is 5.75 Å². The third-order valence-corrected chi connectivity index (χ3v) is 3.90. The van der Waals surface area contributed by atoms with Gasteiger partial charge in [0.25, 0.3) is 0 Å². The second kappa shape index (κ2) is 8.02. The number of hydrogen-bond donors (Lipinski definition) is 2. The minimum absolute atomic E-state index is 0.157. The van der Waals surface area contributed by atoms with Crippen molar-refractivity contribution in [3.63, 3.8) is 0 Å². The summed E-state index contributed by atoms with van der Waals surface area (Å²) >= 11 is 0. The Morgan fingerprint density at radius 3 is 2.62 bits per heavy atom. The summed E-state index contributed by atoms with van der Waals surface area (Å²) in [6.45, 7) is 3.83. The summed E-state index contributed by atoms with van der Waals surface area (Å²) in [5.41, 5.74) is -1.07. The maximum atomic E-state index is 13.9. The summed E-state index contributed by atoms with van der Waals surface area (Å²) in [6, 6.07) is 5.54. The van der Waals surface area contributed by atoms with E-state index in [-0.39, 0.29) is 24.5 Å². The molecule has 0 bridgehead atoms. The van der Waals surface area contributed by atoms with Crippen molar-refractivity contribution in [3.8, 4) is 18.1 Å². The Bertz CT molecular complexity index is 764. The summed E-state index contributed by atoms with van der Waals surface area (Å²) < 4.78 is 32.2. The maximum absolute atomic E-state index is 13.9. The Labute approximate surface area is 150 Å². The first-order valence-electron chi connectivity index (χ1n) is 7.95. The van der Waals surface area contributed by atoms with Gasteiger partial charge in [-0.25, -0.2) is 13.6 Å². The molecular weight excluding hydrogens is 342 g/mol. The molecule has 1 aliphatic rings. The van der Waals surface area contributed by atoms with Gasteiger partial charge < -0.3 is 14.7 Å². The van der Waals surface area contributed by atoms with E-state index in [0.717, 1.165) is 6.08 Å². The average molecular weight is 362 g/mol. The van der Waals surface area contributed by atoms with E-state index in [1.807, 2.05) is 0 Å². The molecule has 5 nitrogen and oxygen atoms in total. The van der Waals surface area contributed by atoms with Gasteiger partial charge in [-0.05, 0) is 44.2 Å². The number of terminal acetylenes is 1. The number of hydrogen-bond acceptors (Lipinski definition) is 4. The molecule has 26 heavy (non-hydrogen) atoms. The zero-order valence-corrected chi connectivity index (χ0v) is 14.5. The van der Waals surface area contributed by atoms with Crippen LogP contribution in [-0.4, -0.2) is 40.8 Å². The lowest BCUT2D eigenvalue weighted by atomic mass is 9.98. The van der Waals surface area contributed by atoms with Crippen molar-refractivity contribution in [1.82, 2.24) is 10.2 Å². The SMILES string of the molecule is C#CC(C)(C)N1C=C(F)C=C(C(=O)O)C1NCCOc1ccc(F)cc1. The molecule has 0 radical (unpaired) electrons. The molecule has 0 fully saturated rings. The first-order valence-corrected chi connectivity index (χ1v) is 7.95. The molecule has 1 unspecified atom stereocenters. The quantitative estimate of drug-likeness (QED) is 0.577. The highest BCUT2D eigenvalue weighted by atomic mass is 19.1. The molecule has 1 atom stereocenters. The van der Waals surface area contributed by atoms with Gasteiger partial charge in [-0.3, -0.25) is 5.32 Å². The summed E-state index contributed by atoms with van der Waals surface area (Å²) in [4.78, 5) is 13.0. The first-order chi connectivity index (χ1) is 12.2. The molecule has 0 saturated heterocycles. The van der Waals surface area contributed by atoms with Crippen molar-refractivity contribution in [2.45, 2.75) is 25.6 Å². The fourth-order valence-electron chi connectivity index (χ4n) is 2.46. The van der Waals surface area contributed by atoms with Gasteiger partial charge >= 0.3 is 5.97 Å². The minimum atomic E-state index is -1.25. The van der Waals surface area contributed by atoms with Crippen molar-refractivity contribution in [2.75, 3.05) is 13.2 Å². The number of rotatable bonds is 7. The minimum Gasteiger partial charge on any atom is -0.492 e. The molecule has 0 spiro atoms. The van der Waals surface area contributed by atoms with E-state index in [1.165, 1.54) is 35.4 Å². The van der Waals surface area contributed by atoms with Crippen LogP contribution in [-0.2, 0) is 4.79 Å². The van der Waals surface area contributed by atoms with Gasteiger partial charge in [0.05, 0.1) is 11.1 Å². The van der Waals surface area contributed by atoms with Gasteiger partial charge in [0.15, 0.2) is 0 Å². The topological polar surface area (TPSA) is 61.8 Å². The van der Waals surface area contributed by atoms with Crippen molar-refractivity contribution in [1.29, 1.82) is 0 Å². The predicted octanol–water partition coefficient (Wildman–Crippen LogP) is 2.67. The van der Waals surface area contributed by atoms with Crippen molar-refractivity contribution in [2.24, 2.45) is 0 Å². The van der Waals surface area contributed by atoms with Crippen molar-refractivity contribution in [3.05, 3.63) is 53.8 Å². The lowest BCUT2D eigenvalue weighted by Gasteiger charge is -2.42. The summed E-state index contributed by atoms with van der Waals surface area (Å²) in [6.07, 6.45) is 6.84. The molecule has 1 aromatic carbocycles. The number of benzene rings is 1. The van der Waals surface area contributed by atoms with Crippen molar-refractivity contribution >= 4 is 5.97 Å². The molecule has 0 amide bonds. The molecule has 0 aromatic heterocycles. The van der Waals surface area contributed by atoms with E-state index in [1.54, 1.807) is 13.8 Å². The molecule has 1 aliphatic heterocycles. The van der Waals surface area contributed by atoms with Crippen LogP contribution in [0.3, 0.4) is 0 Å². The van der Waals surface area contributed by atoms with Gasteiger partial charge in [0.2, 0.25) is 0 Å². The number of carboxylic acid groups (broad SMARTS) is 1. The van der Waals surface area contributed by atoms with Gasteiger partial charge in [0, 0.05) is 12.7 Å². The standard InChI is InChI=1S/C19H20F2N2O3/c1-4-19(2,3)23-12-14(21)11-16(18(24)25)17(23)22-9-10-26-15-7-5-13(20)6-8-15/h1,5-8,11-12,17,22H,9-10H2,2-3H3,(H,24,25). The van der Waals surface area contributed by atoms with Crippen LogP contribution in [0.1, 0.15) is 13.8 Å². The Balaban J connectivity index is 2.07. The fourth-order valence-corrected chi connectivity index (χ4v) is 2.46. The monoisotopic (exact) mass is 362 g/mol. The van der Waals surface area contributed by atoms with Crippen LogP contribution in [0.15, 0.2) is 47.9 Å². The Kier molecular flexibility index (Phi) is 6.01. The maximum Gasteiger partial charge on any atom is 0.335 e. The highest BCUT2D eigenvalue weighted by molar-refractivity contribution is 5.89. The third-order valence-electron chi connectivity index (χ3n) is 3.90. The summed E-state index contributed by atoms with van der Waals surface area (Å²) in [7, 11) is 0. The van der Waals surface area contributed by atoms with E-state index in [4.69, 9.17) is 11.2 Å². The summed E-state index contributed by atoms with van der Waals surface area (Å²) in [5, 5.41) is 12.4. The average Bonchev–Trinajstić information content (AvgIpc) is 2.60. The summed E-state index contributed by atoms with van der Waals surface area (Å²) in [5.74, 6) is 0.713. The molecule has 2 N–H and O–H groups in total. The highest BCUT2D eigenvalue weighted by Crippen LogP contribution is 2.27. The van der Waals surface area contributed by atoms with E-state index < -0.39 is 23.5 Å². The number of allylic oxidation sites excluding steroid dienone is 2. The van der Waals surface area contributed by atoms with Gasteiger partial charge in [-0.2, -0.15) is 0 Å². The number of nitrogens with one attached hydrogen (secondary N) is 1. The zero-order chi connectivity index (χ0) is 19.3. The Morgan fingerprint density at radius 1 is 1.38 bits per heavy atom. The van der Waals surface area contributed by atoms with E-state index >= 15 is 0 Å². The van der Waals surface area contributed by atoms with Crippen LogP contribution < -0.4 is 10.1 Å². The Hall–Kier alpha value is -2.85. The molecule has 1 aromatic rings. The van der Waals surface area contributed by atoms with Crippen LogP contribution in [0.2, 0.25) is 0 Å². The van der Waals surface area contributed by atoms with Crippen molar-refractivity contribution < 1.29 is 23.4 Å². The molecule has 7 heteroatoms. The van der Waals surface area contributed by atoms with Gasteiger partial charge in [0.1, 0.15) is 30.2 Å². The molecule has 1 heterocycles. The second-order valence-electron chi connectivity index (χ2n) is 6.19. The predicted molar refractivity (Wildman–Crippen MR) is 93.3 cm³/mol. The number of carboxylic acids is 1. The zero-order valence-electron chi connectivity index (χ0n) is 14.5. The smallest absolute Gasteiger partial charge is 0.335 e. The normalized spacial score (nSPS) is 17.2. The van der Waals surface area contributed by atoms with Gasteiger partial charge in [-0.1, -0.05) is 5.92 Å². The van der Waals surface area contributed by atoms with E-state index in [9.17, 15) is 18.7 Å². The van der Waals surface area contributed by atoms with E-state index in [0.29, 0.717) is 5.75 Å². The number of aliphatic carboxylic acids is 1. The Morgan fingerprint density at radius 2 is 2.04 bits per heavy atom. The molecule has 2 rings (SSSR count). The largest absolute Gasteiger partial charge is 0.492 e. The molecule has 0 saturated carbocycles. The highest BCUT2D eigenvalue weighted by Gasteiger charge is 2.36. The van der Waals surface area contributed by atoms with E-state index in [2.05, 4.69) is 11.2 Å². The fraction of sp³-hybridized carbons (Fsp3) is 0.316. The lowest BCUT2D eigenvalue weighted by molar-refractivity contribution is -0.133. The number of nitrogens with zero attached hydrogens (tertiary/aromatic N) is 1. The van der Waals surface area contributed by atoms with Crippen LogP contribution in [0.4, 0.5) is 8.78 Å². The van der Waals surface area contributed by atoms with Crippen LogP contribution in [0.25, 0.3) is 0 Å². The molecular formula is C19H20F2N2O3. The number of ether oxygens (including phenoxy) is 1. The molecule has 0 aliphatic carbocycles.